The highest BCUT2D eigenvalue weighted by Gasteiger charge is 2.27. The Hall–Kier alpha value is -2.71. The Morgan fingerprint density at radius 1 is 1.03 bits per heavy atom. The fourth-order valence-electron chi connectivity index (χ4n) is 3.60. The minimum Gasteiger partial charge on any atom is -0.341 e. The number of nitrogens with one attached hydrogen (secondary N) is 1. The Morgan fingerprint density at radius 2 is 1.72 bits per heavy atom. The number of amidine groups is 1. The maximum atomic E-state index is 12.6. The average molecular weight is 413 g/mol. The molecule has 0 spiro atoms. The van der Waals surface area contributed by atoms with E-state index in [1.54, 1.807) is 24.3 Å². The van der Waals surface area contributed by atoms with E-state index in [4.69, 9.17) is 0 Å². The van der Waals surface area contributed by atoms with Gasteiger partial charge in [0.2, 0.25) is 5.91 Å². The van der Waals surface area contributed by atoms with E-state index in [9.17, 15) is 13.2 Å². The van der Waals surface area contributed by atoms with Crippen LogP contribution in [0.25, 0.3) is 0 Å². The normalized spacial score (nSPS) is 18.5. The average Bonchev–Trinajstić information content (AvgIpc) is 2.70. The lowest BCUT2D eigenvalue weighted by molar-refractivity contribution is -0.132. The highest BCUT2D eigenvalue weighted by atomic mass is 32.2. The van der Waals surface area contributed by atoms with Gasteiger partial charge >= 0.3 is 0 Å². The number of sulfonamides is 1. The van der Waals surface area contributed by atoms with Gasteiger partial charge in [-0.1, -0.05) is 42.0 Å². The van der Waals surface area contributed by atoms with Crippen LogP contribution in [0.5, 0.6) is 0 Å². The van der Waals surface area contributed by atoms with Crippen molar-refractivity contribution in [1.82, 2.24) is 9.80 Å². The predicted molar refractivity (Wildman–Crippen MR) is 113 cm³/mol. The van der Waals surface area contributed by atoms with E-state index in [2.05, 4.69) is 14.6 Å². The summed E-state index contributed by atoms with van der Waals surface area (Å²) < 4.78 is 28.6. The van der Waals surface area contributed by atoms with Crippen LogP contribution in [0.3, 0.4) is 0 Å². The van der Waals surface area contributed by atoms with Crippen LogP contribution in [0.2, 0.25) is 0 Å². The summed E-state index contributed by atoms with van der Waals surface area (Å²) in [5, 5.41) is 3.12. The SMILES string of the molecule is Cc1ccc(CC(=O)N2CCN(CC3=NS(=O)(=O)c4ccccc4N3)CC2)cc1. The highest BCUT2D eigenvalue weighted by Crippen LogP contribution is 2.26. The topological polar surface area (TPSA) is 82.1 Å². The monoisotopic (exact) mass is 412 g/mol. The van der Waals surface area contributed by atoms with E-state index in [1.807, 2.05) is 36.1 Å². The number of hydrogen-bond donors (Lipinski definition) is 1. The molecule has 0 aromatic heterocycles. The van der Waals surface area contributed by atoms with Crippen LogP contribution in [-0.2, 0) is 21.2 Å². The number of nitrogens with zero attached hydrogens (tertiary/aromatic N) is 3. The molecule has 1 fully saturated rings. The summed E-state index contributed by atoms with van der Waals surface area (Å²) in [6.07, 6.45) is 0.406. The zero-order valence-corrected chi connectivity index (χ0v) is 17.2. The van der Waals surface area contributed by atoms with Gasteiger partial charge in [0.05, 0.1) is 18.7 Å². The predicted octanol–water partition coefficient (Wildman–Crippen LogP) is 1.89. The quantitative estimate of drug-likeness (QED) is 0.829. The minimum atomic E-state index is -3.67. The second-order valence-electron chi connectivity index (χ2n) is 7.45. The standard InChI is InChI=1S/C21H24N4O3S/c1-16-6-8-17(9-7-16)14-21(26)25-12-10-24(11-13-25)15-20-22-18-4-2-3-5-19(18)29(27,28)23-20/h2-9H,10-15H2,1H3,(H,22,23). The van der Waals surface area contributed by atoms with Crippen molar-refractivity contribution >= 4 is 27.5 Å². The third kappa shape index (κ3) is 4.49. The molecule has 2 aliphatic rings. The fraction of sp³-hybridized carbons (Fsp3) is 0.333. The first-order valence-electron chi connectivity index (χ1n) is 9.66. The lowest BCUT2D eigenvalue weighted by Gasteiger charge is -2.35. The molecule has 8 heteroatoms. The van der Waals surface area contributed by atoms with E-state index in [1.165, 1.54) is 5.56 Å². The Labute approximate surface area is 171 Å². The van der Waals surface area contributed by atoms with Gasteiger partial charge in [-0.2, -0.15) is 8.42 Å². The number of carbonyl (C=O) groups is 1. The first kappa shape index (κ1) is 19.6. The molecule has 29 heavy (non-hydrogen) atoms. The van der Waals surface area contributed by atoms with Crippen LogP contribution < -0.4 is 5.32 Å². The Morgan fingerprint density at radius 3 is 2.45 bits per heavy atom. The van der Waals surface area contributed by atoms with Crippen molar-refractivity contribution in [2.45, 2.75) is 18.2 Å². The lowest BCUT2D eigenvalue weighted by Crippen LogP contribution is -2.51. The largest absolute Gasteiger partial charge is 0.341 e. The number of anilines is 1. The molecule has 2 aromatic carbocycles. The smallest absolute Gasteiger partial charge is 0.286 e. The molecule has 0 saturated carbocycles. The molecule has 4 rings (SSSR count). The van der Waals surface area contributed by atoms with Gasteiger partial charge < -0.3 is 10.2 Å². The summed E-state index contributed by atoms with van der Waals surface area (Å²) in [6, 6.07) is 14.8. The number of aryl methyl sites for hydroxylation is 1. The molecule has 7 nitrogen and oxygen atoms in total. The molecule has 0 atom stereocenters. The van der Waals surface area contributed by atoms with Gasteiger partial charge in [-0.15, -0.1) is 4.40 Å². The maximum absolute atomic E-state index is 12.6. The molecule has 2 aliphatic heterocycles. The molecule has 0 radical (unpaired) electrons. The van der Waals surface area contributed by atoms with Gasteiger partial charge in [0.15, 0.2) is 0 Å². The van der Waals surface area contributed by atoms with Crippen molar-refractivity contribution in [2.75, 3.05) is 38.0 Å². The third-order valence-electron chi connectivity index (χ3n) is 5.25. The van der Waals surface area contributed by atoms with Crippen LogP contribution >= 0.6 is 0 Å². The van der Waals surface area contributed by atoms with Crippen LogP contribution in [0, 0.1) is 6.92 Å². The minimum absolute atomic E-state index is 0.123. The Bertz CT molecular complexity index is 1040. The van der Waals surface area contributed by atoms with E-state index >= 15 is 0 Å². The van der Waals surface area contributed by atoms with Gasteiger partial charge in [-0.3, -0.25) is 9.69 Å². The molecule has 1 amide bonds. The number of amides is 1. The lowest BCUT2D eigenvalue weighted by atomic mass is 10.1. The van der Waals surface area contributed by atoms with Crippen molar-refractivity contribution in [3.8, 4) is 0 Å². The van der Waals surface area contributed by atoms with Crippen LogP contribution in [0.1, 0.15) is 11.1 Å². The van der Waals surface area contributed by atoms with Crippen molar-refractivity contribution in [2.24, 2.45) is 4.40 Å². The molecule has 2 aromatic rings. The molecule has 0 bridgehead atoms. The Kier molecular flexibility index (Phi) is 5.38. The van der Waals surface area contributed by atoms with Gasteiger partial charge in [-0.25, -0.2) is 0 Å². The van der Waals surface area contributed by atoms with E-state index in [0.717, 1.165) is 5.56 Å². The van der Waals surface area contributed by atoms with Crippen LogP contribution in [0.15, 0.2) is 57.8 Å². The summed E-state index contributed by atoms with van der Waals surface area (Å²) >= 11 is 0. The molecule has 0 unspecified atom stereocenters. The second kappa shape index (κ2) is 7.96. The molecule has 1 saturated heterocycles. The van der Waals surface area contributed by atoms with Gasteiger partial charge in [0.1, 0.15) is 10.7 Å². The number of piperazine rings is 1. The molecule has 1 N–H and O–H groups in total. The number of fused-ring (bicyclic) bond motifs is 1. The van der Waals surface area contributed by atoms with Crippen molar-refractivity contribution in [1.29, 1.82) is 0 Å². The van der Waals surface area contributed by atoms with Crippen molar-refractivity contribution in [3.63, 3.8) is 0 Å². The first-order chi connectivity index (χ1) is 13.9. The molecule has 2 heterocycles. The summed E-state index contributed by atoms with van der Waals surface area (Å²) in [5.74, 6) is 0.543. The van der Waals surface area contributed by atoms with Crippen molar-refractivity contribution < 1.29 is 13.2 Å². The summed E-state index contributed by atoms with van der Waals surface area (Å²) in [5.41, 5.74) is 2.76. The van der Waals surface area contributed by atoms with Crippen molar-refractivity contribution in [3.05, 3.63) is 59.7 Å². The highest BCUT2D eigenvalue weighted by molar-refractivity contribution is 7.90. The number of benzene rings is 2. The second-order valence-corrected chi connectivity index (χ2v) is 9.03. The molecular weight excluding hydrogens is 388 g/mol. The van der Waals surface area contributed by atoms with Crippen LogP contribution in [-0.4, -0.2) is 62.7 Å². The molecular formula is C21H24N4O3S. The number of para-hydroxylation sites is 1. The van der Waals surface area contributed by atoms with Gasteiger partial charge in [0.25, 0.3) is 10.0 Å². The van der Waals surface area contributed by atoms with Gasteiger partial charge in [0, 0.05) is 26.2 Å². The van der Waals surface area contributed by atoms with E-state index < -0.39 is 10.0 Å². The zero-order valence-electron chi connectivity index (χ0n) is 16.3. The summed E-state index contributed by atoms with van der Waals surface area (Å²) in [4.78, 5) is 16.8. The fourth-order valence-corrected chi connectivity index (χ4v) is 4.73. The van der Waals surface area contributed by atoms with E-state index in [-0.39, 0.29) is 10.8 Å². The summed E-state index contributed by atoms with van der Waals surface area (Å²) in [7, 11) is -3.67. The zero-order chi connectivity index (χ0) is 20.4. The summed E-state index contributed by atoms with van der Waals surface area (Å²) in [6.45, 7) is 5.06. The maximum Gasteiger partial charge on any atom is 0.286 e. The third-order valence-corrected chi connectivity index (χ3v) is 6.62. The van der Waals surface area contributed by atoms with E-state index in [0.29, 0.717) is 50.7 Å². The molecule has 0 aliphatic carbocycles. The number of carbonyl (C=O) groups excluding carboxylic acids is 1. The first-order valence-corrected chi connectivity index (χ1v) is 11.1. The molecule has 152 valence electrons. The van der Waals surface area contributed by atoms with Gasteiger partial charge in [-0.05, 0) is 24.6 Å². The van der Waals surface area contributed by atoms with Crippen LogP contribution in [0.4, 0.5) is 5.69 Å². The number of rotatable bonds is 4. The Balaban J connectivity index is 1.33. The number of hydrogen-bond acceptors (Lipinski definition) is 5.